The van der Waals surface area contributed by atoms with Gasteiger partial charge in [0.05, 0.1) is 13.2 Å². The van der Waals surface area contributed by atoms with Gasteiger partial charge in [-0.3, -0.25) is 0 Å². The average molecular weight is 251 g/mol. The van der Waals surface area contributed by atoms with Gasteiger partial charge in [0, 0.05) is 0 Å². The van der Waals surface area contributed by atoms with Crippen molar-refractivity contribution in [3.63, 3.8) is 0 Å². The van der Waals surface area contributed by atoms with E-state index >= 15 is 0 Å². The molecule has 0 spiro atoms. The normalized spacial score (nSPS) is 12.7. The molecule has 0 heterocycles. The van der Waals surface area contributed by atoms with Crippen LogP contribution in [0.1, 0.15) is 38.4 Å². The second-order valence-corrected chi connectivity index (χ2v) is 4.46. The van der Waals surface area contributed by atoms with E-state index in [1.54, 1.807) is 7.11 Å². The summed E-state index contributed by atoms with van der Waals surface area (Å²) in [5.41, 5.74) is 0.968. The Morgan fingerprint density at radius 2 is 1.78 bits per heavy atom. The van der Waals surface area contributed by atoms with Crippen molar-refractivity contribution in [2.45, 2.75) is 32.8 Å². The van der Waals surface area contributed by atoms with Gasteiger partial charge in [-0.05, 0) is 50.2 Å². The van der Waals surface area contributed by atoms with Crippen molar-refractivity contribution in [1.82, 2.24) is 4.90 Å². The van der Waals surface area contributed by atoms with Crippen molar-refractivity contribution in [3.8, 4) is 5.75 Å². The molecule has 1 aromatic rings. The Bertz CT molecular complexity index is 320. The van der Waals surface area contributed by atoms with Crippen LogP contribution in [0.2, 0.25) is 0 Å². The maximum atomic E-state index is 10.1. The molecule has 0 saturated carbocycles. The first-order chi connectivity index (χ1) is 8.71. The molecule has 0 saturated heterocycles. The monoisotopic (exact) mass is 251 g/mol. The zero-order valence-corrected chi connectivity index (χ0v) is 11.7. The molecule has 0 aliphatic rings. The Labute approximate surface area is 110 Å². The van der Waals surface area contributed by atoms with Crippen molar-refractivity contribution in [1.29, 1.82) is 0 Å². The maximum Gasteiger partial charge on any atom is 0.118 e. The zero-order valence-electron chi connectivity index (χ0n) is 11.7. The van der Waals surface area contributed by atoms with E-state index < -0.39 is 0 Å². The smallest absolute Gasteiger partial charge is 0.118 e. The lowest BCUT2D eigenvalue weighted by Crippen LogP contribution is -2.24. The molecule has 1 atom stereocenters. The zero-order chi connectivity index (χ0) is 13.4. The highest BCUT2D eigenvalue weighted by molar-refractivity contribution is 5.28. The van der Waals surface area contributed by atoms with Crippen LogP contribution in [0, 0.1) is 0 Å². The van der Waals surface area contributed by atoms with E-state index in [2.05, 4.69) is 18.7 Å². The Morgan fingerprint density at radius 1 is 1.17 bits per heavy atom. The Balaban J connectivity index is 2.37. The van der Waals surface area contributed by atoms with E-state index in [4.69, 9.17) is 4.74 Å². The Morgan fingerprint density at radius 3 is 2.28 bits per heavy atom. The van der Waals surface area contributed by atoms with Crippen LogP contribution in [0.15, 0.2) is 24.3 Å². The van der Waals surface area contributed by atoms with Gasteiger partial charge in [0.2, 0.25) is 0 Å². The molecule has 3 nitrogen and oxygen atoms in total. The minimum absolute atomic E-state index is 0.369. The minimum Gasteiger partial charge on any atom is -0.497 e. The number of benzene rings is 1. The molecule has 1 rings (SSSR count). The van der Waals surface area contributed by atoms with Crippen molar-refractivity contribution in [3.05, 3.63) is 29.8 Å². The molecule has 0 amide bonds. The van der Waals surface area contributed by atoms with E-state index in [1.165, 1.54) is 0 Å². The summed E-state index contributed by atoms with van der Waals surface area (Å²) in [6.07, 6.45) is 1.46. The van der Waals surface area contributed by atoms with Crippen molar-refractivity contribution in [2.75, 3.05) is 26.7 Å². The number of aliphatic hydroxyl groups is 1. The van der Waals surface area contributed by atoms with Gasteiger partial charge in [-0.25, -0.2) is 0 Å². The topological polar surface area (TPSA) is 32.7 Å². The van der Waals surface area contributed by atoms with Crippen LogP contribution in [-0.2, 0) is 0 Å². The van der Waals surface area contributed by atoms with E-state index in [0.29, 0.717) is 0 Å². The summed E-state index contributed by atoms with van der Waals surface area (Å²) in [7, 11) is 1.65. The second kappa shape index (κ2) is 8.11. The average Bonchev–Trinajstić information content (AvgIpc) is 2.43. The number of methoxy groups -OCH3 is 1. The molecule has 0 bridgehead atoms. The summed E-state index contributed by atoms with van der Waals surface area (Å²) in [6.45, 7) is 7.55. The van der Waals surface area contributed by atoms with E-state index in [9.17, 15) is 5.11 Å². The highest BCUT2D eigenvalue weighted by Gasteiger charge is 2.08. The summed E-state index contributed by atoms with van der Waals surface area (Å²) in [6, 6.07) is 7.65. The van der Waals surface area contributed by atoms with Crippen molar-refractivity contribution >= 4 is 0 Å². The molecule has 3 heteroatoms. The molecular formula is C15H25NO2. The summed E-state index contributed by atoms with van der Waals surface area (Å²) in [5, 5.41) is 10.1. The van der Waals surface area contributed by atoms with Crippen LogP contribution in [0.25, 0.3) is 0 Å². The van der Waals surface area contributed by atoms with Crippen LogP contribution >= 0.6 is 0 Å². The number of aliphatic hydroxyl groups excluding tert-OH is 1. The third-order valence-electron chi connectivity index (χ3n) is 3.35. The Hall–Kier alpha value is -1.06. The van der Waals surface area contributed by atoms with Gasteiger partial charge in [-0.15, -0.1) is 0 Å². The lowest BCUT2D eigenvalue weighted by atomic mass is 10.0. The molecule has 0 aliphatic heterocycles. The Kier molecular flexibility index (Phi) is 6.76. The van der Waals surface area contributed by atoms with E-state index in [1.807, 2.05) is 24.3 Å². The molecule has 0 aromatic heterocycles. The molecule has 102 valence electrons. The van der Waals surface area contributed by atoms with E-state index in [-0.39, 0.29) is 6.10 Å². The van der Waals surface area contributed by atoms with Crippen LogP contribution in [0.5, 0.6) is 5.75 Å². The SMILES string of the molecule is CCN(CC)CCCC(O)c1ccc(OC)cc1. The van der Waals surface area contributed by atoms with Crippen LogP contribution < -0.4 is 4.74 Å². The lowest BCUT2D eigenvalue weighted by molar-refractivity contribution is 0.156. The summed E-state index contributed by atoms with van der Waals surface area (Å²) >= 11 is 0. The van der Waals surface area contributed by atoms with Crippen LogP contribution in [-0.4, -0.2) is 36.8 Å². The molecular weight excluding hydrogens is 226 g/mol. The van der Waals surface area contributed by atoms with Gasteiger partial charge in [0.25, 0.3) is 0 Å². The third-order valence-corrected chi connectivity index (χ3v) is 3.35. The fraction of sp³-hybridized carbons (Fsp3) is 0.600. The number of hydrogen-bond donors (Lipinski definition) is 1. The fourth-order valence-corrected chi connectivity index (χ4v) is 2.04. The first-order valence-electron chi connectivity index (χ1n) is 6.75. The fourth-order valence-electron chi connectivity index (χ4n) is 2.04. The molecule has 1 unspecified atom stereocenters. The van der Waals surface area contributed by atoms with E-state index in [0.717, 1.165) is 43.8 Å². The second-order valence-electron chi connectivity index (χ2n) is 4.46. The molecule has 0 radical (unpaired) electrons. The molecule has 18 heavy (non-hydrogen) atoms. The van der Waals surface area contributed by atoms with Crippen LogP contribution in [0.4, 0.5) is 0 Å². The van der Waals surface area contributed by atoms with Gasteiger partial charge in [-0.1, -0.05) is 26.0 Å². The maximum absolute atomic E-state index is 10.1. The summed E-state index contributed by atoms with van der Waals surface area (Å²) in [5.74, 6) is 0.828. The minimum atomic E-state index is -0.369. The lowest BCUT2D eigenvalue weighted by Gasteiger charge is -2.19. The summed E-state index contributed by atoms with van der Waals surface area (Å²) < 4.78 is 5.10. The number of ether oxygens (including phenoxy) is 1. The predicted molar refractivity (Wildman–Crippen MR) is 75.0 cm³/mol. The highest BCUT2D eigenvalue weighted by atomic mass is 16.5. The largest absolute Gasteiger partial charge is 0.497 e. The quantitative estimate of drug-likeness (QED) is 0.771. The predicted octanol–water partition coefficient (Wildman–Crippen LogP) is 2.85. The van der Waals surface area contributed by atoms with Gasteiger partial charge >= 0.3 is 0 Å². The van der Waals surface area contributed by atoms with Gasteiger partial charge in [0.1, 0.15) is 5.75 Å². The number of rotatable bonds is 8. The summed E-state index contributed by atoms with van der Waals surface area (Å²) in [4.78, 5) is 2.38. The van der Waals surface area contributed by atoms with Gasteiger partial charge < -0.3 is 14.7 Å². The standard InChI is InChI=1S/C15H25NO2/c1-4-16(5-2)12-6-7-15(17)13-8-10-14(18-3)11-9-13/h8-11,15,17H,4-7,12H2,1-3H3. The number of hydrogen-bond acceptors (Lipinski definition) is 3. The van der Waals surface area contributed by atoms with Crippen molar-refractivity contribution < 1.29 is 9.84 Å². The van der Waals surface area contributed by atoms with Crippen LogP contribution in [0.3, 0.4) is 0 Å². The molecule has 0 aliphatic carbocycles. The number of nitrogens with zero attached hydrogens (tertiary/aromatic N) is 1. The van der Waals surface area contributed by atoms with Crippen molar-refractivity contribution in [2.24, 2.45) is 0 Å². The van der Waals surface area contributed by atoms with Gasteiger partial charge in [-0.2, -0.15) is 0 Å². The molecule has 0 fully saturated rings. The molecule has 1 N–H and O–H groups in total. The first kappa shape index (κ1) is 15.0. The first-order valence-corrected chi connectivity index (χ1v) is 6.75. The van der Waals surface area contributed by atoms with Gasteiger partial charge in [0.15, 0.2) is 0 Å². The highest BCUT2D eigenvalue weighted by Crippen LogP contribution is 2.21. The third kappa shape index (κ3) is 4.67. The molecule has 1 aromatic carbocycles.